The number of likely N-dealkylation sites (tertiary alicyclic amines) is 1. The number of amides is 2. The van der Waals surface area contributed by atoms with Gasteiger partial charge in [-0.2, -0.15) is 0 Å². The van der Waals surface area contributed by atoms with E-state index in [1.807, 2.05) is 6.92 Å². The quantitative estimate of drug-likeness (QED) is 0.805. The number of aliphatic carboxylic acids is 1. The number of morpholine rings is 1. The maximum atomic E-state index is 12.8. The summed E-state index contributed by atoms with van der Waals surface area (Å²) in [7, 11) is 0. The van der Waals surface area contributed by atoms with Gasteiger partial charge in [0.2, 0.25) is 11.8 Å². The predicted molar refractivity (Wildman–Crippen MR) is 82.8 cm³/mol. The Morgan fingerprint density at radius 2 is 2.04 bits per heavy atom. The van der Waals surface area contributed by atoms with Crippen LogP contribution in [0.4, 0.5) is 0 Å². The summed E-state index contributed by atoms with van der Waals surface area (Å²) in [4.78, 5) is 39.3. The molecule has 7 heteroatoms. The fourth-order valence-corrected chi connectivity index (χ4v) is 3.33. The zero-order valence-electron chi connectivity index (χ0n) is 13.7. The first kappa shape index (κ1) is 17.7. The fraction of sp³-hybridized carbons (Fsp3) is 0.812. The molecule has 0 unspecified atom stereocenters. The summed E-state index contributed by atoms with van der Waals surface area (Å²) in [6.07, 6.45) is 2.79. The Morgan fingerprint density at radius 3 is 2.74 bits per heavy atom. The van der Waals surface area contributed by atoms with E-state index in [0.717, 1.165) is 19.3 Å². The summed E-state index contributed by atoms with van der Waals surface area (Å²) in [5.41, 5.74) is 0. The first-order valence-electron chi connectivity index (χ1n) is 8.40. The summed E-state index contributed by atoms with van der Waals surface area (Å²) in [6.45, 7) is 4.26. The molecular weight excluding hydrogens is 300 g/mol. The van der Waals surface area contributed by atoms with E-state index >= 15 is 0 Å². The molecule has 2 rings (SSSR count). The van der Waals surface area contributed by atoms with Crippen molar-refractivity contribution in [2.45, 2.75) is 45.1 Å². The SMILES string of the molecule is CCCC(=O)N1CCC[C@@H](C(=O)N2CCOC[C@H]2CC(=O)O)C1. The van der Waals surface area contributed by atoms with Gasteiger partial charge < -0.3 is 19.6 Å². The van der Waals surface area contributed by atoms with E-state index in [2.05, 4.69) is 0 Å². The van der Waals surface area contributed by atoms with E-state index < -0.39 is 12.0 Å². The number of piperidine rings is 1. The van der Waals surface area contributed by atoms with Crippen LogP contribution in [-0.4, -0.2) is 71.6 Å². The minimum Gasteiger partial charge on any atom is -0.481 e. The summed E-state index contributed by atoms with van der Waals surface area (Å²) < 4.78 is 5.32. The van der Waals surface area contributed by atoms with Gasteiger partial charge in [-0.25, -0.2) is 0 Å². The van der Waals surface area contributed by atoms with Crippen molar-refractivity contribution in [1.82, 2.24) is 9.80 Å². The molecule has 2 aliphatic rings. The Morgan fingerprint density at radius 1 is 1.26 bits per heavy atom. The third-order valence-corrected chi connectivity index (χ3v) is 4.51. The minimum atomic E-state index is -0.929. The van der Waals surface area contributed by atoms with Gasteiger partial charge in [-0.15, -0.1) is 0 Å². The molecule has 1 N–H and O–H groups in total. The molecule has 2 saturated heterocycles. The zero-order valence-corrected chi connectivity index (χ0v) is 13.7. The number of nitrogens with zero attached hydrogens (tertiary/aromatic N) is 2. The summed E-state index contributed by atoms with van der Waals surface area (Å²) in [5, 5.41) is 9.00. The van der Waals surface area contributed by atoms with Crippen LogP contribution in [0.25, 0.3) is 0 Å². The van der Waals surface area contributed by atoms with Crippen molar-refractivity contribution >= 4 is 17.8 Å². The largest absolute Gasteiger partial charge is 0.481 e. The van der Waals surface area contributed by atoms with Crippen molar-refractivity contribution in [3.63, 3.8) is 0 Å². The monoisotopic (exact) mass is 326 g/mol. The van der Waals surface area contributed by atoms with Gasteiger partial charge in [0.1, 0.15) is 0 Å². The summed E-state index contributed by atoms with van der Waals surface area (Å²) >= 11 is 0. The summed E-state index contributed by atoms with van der Waals surface area (Å²) in [6, 6.07) is -0.407. The van der Waals surface area contributed by atoms with Crippen molar-refractivity contribution in [2.24, 2.45) is 5.92 Å². The lowest BCUT2D eigenvalue weighted by Gasteiger charge is -2.39. The lowest BCUT2D eigenvalue weighted by molar-refractivity contribution is -0.151. The number of rotatable bonds is 5. The van der Waals surface area contributed by atoms with Gasteiger partial charge in [0, 0.05) is 26.1 Å². The molecular formula is C16H26N2O5. The Kier molecular flexibility index (Phi) is 6.38. The molecule has 0 aromatic heterocycles. The number of hydrogen-bond donors (Lipinski definition) is 1. The molecule has 0 radical (unpaired) electrons. The molecule has 2 heterocycles. The van der Waals surface area contributed by atoms with Crippen molar-refractivity contribution < 1.29 is 24.2 Å². The van der Waals surface area contributed by atoms with E-state index in [1.54, 1.807) is 9.80 Å². The van der Waals surface area contributed by atoms with Crippen LogP contribution in [0.3, 0.4) is 0 Å². The molecule has 7 nitrogen and oxygen atoms in total. The molecule has 2 atom stereocenters. The van der Waals surface area contributed by atoms with Gasteiger partial charge in [0.25, 0.3) is 0 Å². The van der Waals surface area contributed by atoms with E-state index in [-0.39, 0.29) is 30.8 Å². The first-order chi connectivity index (χ1) is 11.0. The van der Waals surface area contributed by atoms with Gasteiger partial charge in [0.15, 0.2) is 0 Å². The van der Waals surface area contributed by atoms with Crippen LogP contribution in [-0.2, 0) is 19.1 Å². The average Bonchev–Trinajstić information content (AvgIpc) is 2.54. The highest BCUT2D eigenvalue weighted by Crippen LogP contribution is 2.22. The van der Waals surface area contributed by atoms with Crippen molar-refractivity contribution in [3.8, 4) is 0 Å². The number of carbonyl (C=O) groups excluding carboxylic acids is 2. The van der Waals surface area contributed by atoms with Crippen LogP contribution in [0.15, 0.2) is 0 Å². The number of carbonyl (C=O) groups is 3. The minimum absolute atomic E-state index is 0.0338. The van der Waals surface area contributed by atoms with E-state index in [4.69, 9.17) is 9.84 Å². The third-order valence-electron chi connectivity index (χ3n) is 4.51. The normalized spacial score (nSPS) is 25.3. The highest BCUT2D eigenvalue weighted by atomic mass is 16.5. The van der Waals surface area contributed by atoms with Gasteiger partial charge in [-0.3, -0.25) is 14.4 Å². The molecule has 0 saturated carbocycles. The second-order valence-corrected chi connectivity index (χ2v) is 6.29. The molecule has 2 aliphatic heterocycles. The average molecular weight is 326 g/mol. The molecule has 0 aromatic carbocycles. The second kappa shape index (κ2) is 8.29. The Hall–Kier alpha value is -1.63. The molecule has 0 spiro atoms. The lowest BCUT2D eigenvalue weighted by Crippen LogP contribution is -2.54. The molecule has 2 fully saturated rings. The van der Waals surface area contributed by atoms with Crippen LogP contribution in [0.2, 0.25) is 0 Å². The smallest absolute Gasteiger partial charge is 0.305 e. The fourth-order valence-electron chi connectivity index (χ4n) is 3.33. The summed E-state index contributed by atoms with van der Waals surface area (Å²) in [5.74, 6) is -1.08. The zero-order chi connectivity index (χ0) is 16.8. The third kappa shape index (κ3) is 4.67. The van der Waals surface area contributed by atoms with Crippen LogP contribution in [0.5, 0.6) is 0 Å². The first-order valence-corrected chi connectivity index (χ1v) is 8.40. The predicted octanol–water partition coefficient (Wildman–Crippen LogP) is 0.727. The standard InChI is InChI=1S/C16H26N2O5/c1-2-4-14(19)17-6-3-5-12(10-17)16(22)18-7-8-23-11-13(18)9-15(20)21/h12-13H,2-11H2,1H3,(H,20,21)/t12-,13-/m1/s1. The Bertz CT molecular complexity index is 454. The number of carboxylic acid groups (broad SMARTS) is 1. The van der Waals surface area contributed by atoms with E-state index in [1.165, 1.54) is 0 Å². The molecule has 0 aliphatic carbocycles. The van der Waals surface area contributed by atoms with Crippen LogP contribution in [0.1, 0.15) is 39.0 Å². The molecule has 0 aromatic rings. The molecule has 0 bridgehead atoms. The van der Waals surface area contributed by atoms with Crippen molar-refractivity contribution in [2.75, 3.05) is 32.8 Å². The number of ether oxygens (including phenoxy) is 1. The molecule has 2 amide bonds. The molecule has 23 heavy (non-hydrogen) atoms. The second-order valence-electron chi connectivity index (χ2n) is 6.29. The topological polar surface area (TPSA) is 87.2 Å². The van der Waals surface area contributed by atoms with Gasteiger partial charge in [0.05, 0.1) is 31.6 Å². The van der Waals surface area contributed by atoms with Gasteiger partial charge >= 0.3 is 5.97 Å². The van der Waals surface area contributed by atoms with Gasteiger partial charge in [-0.05, 0) is 19.3 Å². The maximum Gasteiger partial charge on any atom is 0.305 e. The van der Waals surface area contributed by atoms with Gasteiger partial charge in [-0.1, -0.05) is 6.92 Å². The Balaban J connectivity index is 1.99. The number of hydrogen-bond acceptors (Lipinski definition) is 4. The maximum absolute atomic E-state index is 12.8. The van der Waals surface area contributed by atoms with Crippen molar-refractivity contribution in [3.05, 3.63) is 0 Å². The lowest BCUT2D eigenvalue weighted by atomic mass is 9.95. The van der Waals surface area contributed by atoms with Crippen LogP contribution < -0.4 is 0 Å². The van der Waals surface area contributed by atoms with Crippen molar-refractivity contribution in [1.29, 1.82) is 0 Å². The molecule has 130 valence electrons. The van der Waals surface area contributed by atoms with E-state index in [9.17, 15) is 14.4 Å². The number of carboxylic acids is 1. The Labute approximate surface area is 136 Å². The highest BCUT2D eigenvalue weighted by molar-refractivity contribution is 5.82. The highest BCUT2D eigenvalue weighted by Gasteiger charge is 2.35. The van der Waals surface area contributed by atoms with Crippen LogP contribution >= 0.6 is 0 Å². The van der Waals surface area contributed by atoms with E-state index in [0.29, 0.717) is 32.7 Å². The van der Waals surface area contributed by atoms with Crippen LogP contribution in [0, 0.1) is 5.92 Å².